The fourth-order valence-corrected chi connectivity index (χ4v) is 1.19. The van der Waals surface area contributed by atoms with Gasteiger partial charge < -0.3 is 15.2 Å². The third-order valence-corrected chi connectivity index (χ3v) is 2.04. The van der Waals surface area contributed by atoms with Crippen LogP contribution in [0.3, 0.4) is 0 Å². The molecule has 0 aromatic carbocycles. The Balaban J connectivity index is 2.38. The minimum absolute atomic E-state index is 0.0898. The molecule has 2 N–H and O–H groups in total. The highest BCUT2D eigenvalue weighted by Gasteiger charge is 1.99. The molecule has 0 aliphatic carbocycles. The predicted molar refractivity (Wildman–Crippen MR) is 61.1 cm³/mol. The zero-order valence-corrected chi connectivity index (χ0v) is 9.29. The van der Waals surface area contributed by atoms with Gasteiger partial charge in [-0.25, -0.2) is 4.98 Å². The normalized spacial score (nSPS) is 10.3. The number of anilines is 1. The molecular weight excluding hydrogens is 192 g/mol. The molecule has 0 unspecified atom stereocenters. The second-order valence-electron chi connectivity index (χ2n) is 3.37. The standard InChI is InChI=1S/C10H18N4O/c1-3-4-11-5-6-12-9-10(15)14(2)8-7-13-9/h7-8,11H,3-6H2,1-2H3,(H,12,13). The molecule has 0 bridgehead atoms. The number of aryl methyl sites for hydroxylation is 1. The highest BCUT2D eigenvalue weighted by Crippen LogP contribution is 1.89. The first-order valence-electron chi connectivity index (χ1n) is 5.22. The monoisotopic (exact) mass is 210 g/mol. The number of nitrogens with zero attached hydrogens (tertiary/aromatic N) is 2. The van der Waals surface area contributed by atoms with Crippen molar-refractivity contribution >= 4 is 5.82 Å². The molecule has 1 rings (SSSR count). The maximum Gasteiger partial charge on any atom is 0.293 e. The molecule has 0 aliphatic heterocycles. The van der Waals surface area contributed by atoms with Crippen molar-refractivity contribution in [3.63, 3.8) is 0 Å². The summed E-state index contributed by atoms with van der Waals surface area (Å²) in [6.07, 6.45) is 4.37. The van der Waals surface area contributed by atoms with Gasteiger partial charge in [0.15, 0.2) is 5.82 Å². The fraction of sp³-hybridized carbons (Fsp3) is 0.600. The maximum atomic E-state index is 11.5. The molecule has 5 heteroatoms. The molecule has 1 aromatic heterocycles. The van der Waals surface area contributed by atoms with E-state index in [4.69, 9.17) is 0 Å². The highest BCUT2D eigenvalue weighted by molar-refractivity contribution is 5.30. The van der Waals surface area contributed by atoms with Crippen LogP contribution in [0.15, 0.2) is 17.2 Å². The van der Waals surface area contributed by atoms with Gasteiger partial charge in [0.1, 0.15) is 0 Å². The molecule has 1 aromatic rings. The van der Waals surface area contributed by atoms with Gasteiger partial charge in [-0.3, -0.25) is 4.79 Å². The van der Waals surface area contributed by atoms with Gasteiger partial charge in [0.2, 0.25) is 0 Å². The number of hydrogen-bond acceptors (Lipinski definition) is 4. The first kappa shape index (κ1) is 11.7. The van der Waals surface area contributed by atoms with Crippen LogP contribution in [-0.2, 0) is 7.05 Å². The first-order valence-corrected chi connectivity index (χ1v) is 5.22. The van der Waals surface area contributed by atoms with Crippen molar-refractivity contribution in [3.8, 4) is 0 Å². The lowest BCUT2D eigenvalue weighted by molar-refractivity contribution is 0.686. The van der Waals surface area contributed by atoms with Gasteiger partial charge in [0.25, 0.3) is 5.56 Å². The van der Waals surface area contributed by atoms with E-state index in [9.17, 15) is 4.79 Å². The number of nitrogens with one attached hydrogen (secondary N) is 2. The Hall–Kier alpha value is -1.36. The van der Waals surface area contributed by atoms with Crippen LogP contribution in [0.5, 0.6) is 0 Å². The van der Waals surface area contributed by atoms with Crippen molar-refractivity contribution < 1.29 is 0 Å². The summed E-state index contributed by atoms with van der Waals surface area (Å²) in [5.41, 5.74) is -0.0898. The smallest absolute Gasteiger partial charge is 0.293 e. The zero-order chi connectivity index (χ0) is 11.1. The Labute approximate surface area is 89.5 Å². The first-order chi connectivity index (χ1) is 7.25. The minimum atomic E-state index is -0.0898. The van der Waals surface area contributed by atoms with Gasteiger partial charge in [0, 0.05) is 32.5 Å². The second kappa shape index (κ2) is 6.19. The summed E-state index contributed by atoms with van der Waals surface area (Å²) >= 11 is 0. The van der Waals surface area contributed by atoms with Gasteiger partial charge >= 0.3 is 0 Å². The average Bonchev–Trinajstić information content (AvgIpc) is 2.24. The molecule has 0 amide bonds. The molecule has 0 spiro atoms. The van der Waals surface area contributed by atoms with Crippen LogP contribution < -0.4 is 16.2 Å². The van der Waals surface area contributed by atoms with Crippen LogP contribution in [0, 0.1) is 0 Å². The molecule has 0 radical (unpaired) electrons. The van der Waals surface area contributed by atoms with Crippen molar-refractivity contribution in [3.05, 3.63) is 22.7 Å². The summed E-state index contributed by atoms with van der Waals surface area (Å²) in [4.78, 5) is 15.5. The molecule has 0 fully saturated rings. The average molecular weight is 210 g/mol. The molecule has 0 aliphatic rings. The molecule has 0 saturated carbocycles. The summed E-state index contributed by atoms with van der Waals surface area (Å²) in [6.45, 7) is 4.68. The summed E-state index contributed by atoms with van der Waals surface area (Å²) < 4.78 is 1.51. The van der Waals surface area contributed by atoms with Gasteiger partial charge in [-0.05, 0) is 13.0 Å². The molecule has 84 valence electrons. The van der Waals surface area contributed by atoms with Crippen LogP contribution in [0.25, 0.3) is 0 Å². The van der Waals surface area contributed by atoms with E-state index in [0.29, 0.717) is 12.4 Å². The lowest BCUT2D eigenvalue weighted by Crippen LogP contribution is -2.27. The van der Waals surface area contributed by atoms with Crippen LogP contribution in [0.1, 0.15) is 13.3 Å². The maximum absolute atomic E-state index is 11.5. The Morgan fingerprint density at radius 1 is 1.40 bits per heavy atom. The van der Waals surface area contributed by atoms with Crippen molar-refractivity contribution in [2.45, 2.75) is 13.3 Å². The third-order valence-electron chi connectivity index (χ3n) is 2.04. The summed E-state index contributed by atoms with van der Waals surface area (Å²) in [5.74, 6) is 0.415. The second-order valence-corrected chi connectivity index (χ2v) is 3.37. The van der Waals surface area contributed by atoms with Gasteiger partial charge in [0.05, 0.1) is 0 Å². The quantitative estimate of drug-likeness (QED) is 0.658. The largest absolute Gasteiger partial charge is 0.364 e. The van der Waals surface area contributed by atoms with E-state index >= 15 is 0 Å². The molecule has 5 nitrogen and oxygen atoms in total. The van der Waals surface area contributed by atoms with E-state index in [2.05, 4.69) is 22.5 Å². The molecular formula is C10H18N4O. The van der Waals surface area contributed by atoms with E-state index in [0.717, 1.165) is 19.5 Å². The minimum Gasteiger partial charge on any atom is -0.364 e. The Morgan fingerprint density at radius 2 is 2.20 bits per heavy atom. The van der Waals surface area contributed by atoms with E-state index in [-0.39, 0.29) is 5.56 Å². The van der Waals surface area contributed by atoms with Crippen molar-refractivity contribution in [2.24, 2.45) is 7.05 Å². The van der Waals surface area contributed by atoms with Gasteiger partial charge in [-0.1, -0.05) is 6.92 Å². The van der Waals surface area contributed by atoms with Gasteiger partial charge in [-0.2, -0.15) is 0 Å². The van der Waals surface area contributed by atoms with Crippen molar-refractivity contribution in [1.82, 2.24) is 14.9 Å². The summed E-state index contributed by atoms with van der Waals surface area (Å²) in [5, 5.41) is 6.25. The SMILES string of the molecule is CCCNCCNc1nccn(C)c1=O. The van der Waals surface area contributed by atoms with E-state index in [1.54, 1.807) is 19.4 Å². The zero-order valence-electron chi connectivity index (χ0n) is 9.29. The number of rotatable bonds is 6. The van der Waals surface area contributed by atoms with Crippen molar-refractivity contribution in [2.75, 3.05) is 25.0 Å². The Kier molecular flexibility index (Phi) is 4.83. The van der Waals surface area contributed by atoms with Crippen LogP contribution in [-0.4, -0.2) is 29.2 Å². The van der Waals surface area contributed by atoms with Crippen LogP contribution >= 0.6 is 0 Å². The molecule has 0 saturated heterocycles. The van der Waals surface area contributed by atoms with Crippen LogP contribution in [0.2, 0.25) is 0 Å². The molecule has 15 heavy (non-hydrogen) atoms. The highest BCUT2D eigenvalue weighted by atomic mass is 16.1. The van der Waals surface area contributed by atoms with Crippen LogP contribution in [0.4, 0.5) is 5.82 Å². The topological polar surface area (TPSA) is 59.0 Å². The third kappa shape index (κ3) is 3.71. The molecule has 1 heterocycles. The lowest BCUT2D eigenvalue weighted by Gasteiger charge is -2.06. The molecule has 0 atom stereocenters. The van der Waals surface area contributed by atoms with Crippen molar-refractivity contribution in [1.29, 1.82) is 0 Å². The number of hydrogen-bond donors (Lipinski definition) is 2. The van der Waals surface area contributed by atoms with E-state index in [1.165, 1.54) is 4.57 Å². The Morgan fingerprint density at radius 3 is 2.93 bits per heavy atom. The predicted octanol–water partition coefficient (Wildman–Crippen LogP) is 0.192. The van der Waals surface area contributed by atoms with Gasteiger partial charge in [-0.15, -0.1) is 0 Å². The number of aromatic nitrogens is 2. The van der Waals surface area contributed by atoms with E-state index in [1.807, 2.05) is 0 Å². The Bertz CT molecular complexity index is 348. The summed E-state index contributed by atoms with van der Waals surface area (Å²) in [6, 6.07) is 0. The lowest BCUT2D eigenvalue weighted by atomic mass is 10.4. The summed E-state index contributed by atoms with van der Waals surface area (Å²) in [7, 11) is 1.71. The fourth-order valence-electron chi connectivity index (χ4n) is 1.19. The van der Waals surface area contributed by atoms with E-state index < -0.39 is 0 Å².